The molecule has 0 fully saturated rings. The Balaban J connectivity index is 1.68. The second kappa shape index (κ2) is 17.9. The molecule has 0 spiro atoms. The Labute approximate surface area is 362 Å². The summed E-state index contributed by atoms with van der Waals surface area (Å²) in [6, 6.07) is 20.5. The van der Waals surface area contributed by atoms with Crippen LogP contribution in [0.15, 0.2) is 115 Å². The number of Topliss-reactive ketones (excluding diaryl/α,β-unsaturated/α-hetero) is 1. The summed E-state index contributed by atoms with van der Waals surface area (Å²) in [5.74, 6) is -6.29. The molecule has 0 radical (unpaired) electrons. The Morgan fingerprint density at radius 3 is 1.67 bits per heavy atom. The van der Waals surface area contributed by atoms with Crippen LogP contribution in [0.2, 0.25) is 0 Å². The van der Waals surface area contributed by atoms with Crippen LogP contribution in [-0.2, 0) is 41.6 Å². The Bertz CT molecular complexity index is 2530. The van der Waals surface area contributed by atoms with Gasteiger partial charge >= 0.3 is 26.9 Å². The summed E-state index contributed by atoms with van der Waals surface area (Å²) < 4.78 is 120. The molecule has 0 heterocycles. The third kappa shape index (κ3) is 11.0. The zero-order valence-corrected chi connectivity index (χ0v) is 37.6. The van der Waals surface area contributed by atoms with Crippen LogP contribution >= 0.6 is 15.2 Å². The van der Waals surface area contributed by atoms with Gasteiger partial charge in [0.2, 0.25) is 0 Å². The molecule has 0 saturated heterocycles. The number of anilines is 2. The number of rotatable bonds is 14. The Hall–Kier alpha value is -5.01. The van der Waals surface area contributed by atoms with Gasteiger partial charge in [0, 0.05) is 28.1 Å². The average Bonchev–Trinajstić information content (AvgIpc) is 3.17. The first kappa shape index (κ1) is 49.0. The SMILES string of the molecule is Cc1ccc(C)c(NC(=O)Nc2ccc(C(Cc3ccc(C(F)(F)P(=O)(OC(C)(C)C)OC(C)(C)C)cc3)(C(=O)c3ccc(F)cc3)C(F)(F)c3ccc(P(=O)(O)O)cc3)cc2)c1. The van der Waals surface area contributed by atoms with Gasteiger partial charge in [-0.15, -0.1) is 0 Å². The maximum atomic E-state index is 17.9. The molecule has 5 aromatic carbocycles. The van der Waals surface area contributed by atoms with Gasteiger partial charge in [0.1, 0.15) is 11.2 Å². The molecule has 0 aliphatic heterocycles. The number of halogens is 5. The number of alkyl halides is 4. The van der Waals surface area contributed by atoms with Gasteiger partial charge in [0.05, 0.1) is 16.5 Å². The number of carbonyl (C=O) groups excluding carboxylic acids is 2. The summed E-state index contributed by atoms with van der Waals surface area (Å²) in [6.07, 6.45) is -0.906. The first-order chi connectivity index (χ1) is 29.0. The summed E-state index contributed by atoms with van der Waals surface area (Å²) in [5, 5.41) is 4.79. The molecule has 1 unspecified atom stereocenters. The molecule has 2 amide bonds. The van der Waals surface area contributed by atoms with Gasteiger partial charge in [-0.05, 0) is 139 Å². The van der Waals surface area contributed by atoms with Crippen LogP contribution in [0, 0.1) is 19.7 Å². The van der Waals surface area contributed by atoms with Crippen LogP contribution in [-0.4, -0.2) is 32.8 Å². The van der Waals surface area contributed by atoms with E-state index in [1.807, 2.05) is 19.1 Å². The highest BCUT2D eigenvalue weighted by molar-refractivity contribution is 7.60. The lowest BCUT2D eigenvalue weighted by molar-refractivity contribution is -0.0716. The van der Waals surface area contributed by atoms with Crippen molar-refractivity contribution in [1.29, 1.82) is 0 Å². The molecule has 10 nitrogen and oxygen atoms in total. The molecule has 17 heteroatoms. The van der Waals surface area contributed by atoms with Crippen LogP contribution in [0.3, 0.4) is 0 Å². The molecule has 5 aromatic rings. The molecule has 5 rings (SSSR count). The molecule has 0 bridgehead atoms. The maximum absolute atomic E-state index is 17.9. The Morgan fingerprint density at radius 1 is 0.651 bits per heavy atom. The van der Waals surface area contributed by atoms with Gasteiger partial charge in [-0.3, -0.25) is 23.0 Å². The highest BCUT2D eigenvalue weighted by atomic mass is 31.2. The van der Waals surface area contributed by atoms with E-state index in [9.17, 15) is 32.9 Å². The van der Waals surface area contributed by atoms with Crippen molar-refractivity contribution in [2.45, 2.75) is 90.0 Å². The lowest BCUT2D eigenvalue weighted by Crippen LogP contribution is -2.51. The quantitative estimate of drug-likeness (QED) is 0.0488. The zero-order valence-electron chi connectivity index (χ0n) is 35.8. The first-order valence-electron chi connectivity index (χ1n) is 19.6. The van der Waals surface area contributed by atoms with E-state index in [-0.39, 0.29) is 22.4 Å². The predicted molar refractivity (Wildman–Crippen MR) is 233 cm³/mol. The van der Waals surface area contributed by atoms with E-state index in [4.69, 9.17) is 9.05 Å². The summed E-state index contributed by atoms with van der Waals surface area (Å²) in [4.78, 5) is 47.5. The summed E-state index contributed by atoms with van der Waals surface area (Å²) in [7, 11) is -10.2. The summed E-state index contributed by atoms with van der Waals surface area (Å²) >= 11 is 0. The maximum Gasteiger partial charge on any atom is 0.405 e. The number of aryl methyl sites for hydroxylation is 2. The number of amides is 2. The molecule has 0 saturated carbocycles. The second-order valence-electron chi connectivity index (χ2n) is 17.2. The molecule has 1 atom stereocenters. The zero-order chi connectivity index (χ0) is 47.0. The fourth-order valence-corrected chi connectivity index (χ4v) is 9.55. The van der Waals surface area contributed by atoms with Crippen molar-refractivity contribution in [1.82, 2.24) is 0 Å². The molecule has 0 aromatic heterocycles. The highest BCUT2D eigenvalue weighted by Crippen LogP contribution is 2.70. The minimum absolute atomic E-state index is 0.0880. The van der Waals surface area contributed by atoms with Crippen molar-refractivity contribution in [2.75, 3.05) is 10.6 Å². The van der Waals surface area contributed by atoms with Gasteiger partial charge in [-0.25, -0.2) is 9.18 Å². The number of carbonyl (C=O) groups is 2. The number of benzene rings is 5. The van der Waals surface area contributed by atoms with Crippen molar-refractivity contribution in [2.24, 2.45) is 0 Å². The normalized spacial score (nSPS) is 13.9. The Morgan fingerprint density at radius 2 is 1.16 bits per heavy atom. The molecule has 0 aliphatic carbocycles. The fraction of sp³-hybridized carbons (Fsp3) is 0.304. The lowest BCUT2D eigenvalue weighted by atomic mass is 9.64. The van der Waals surface area contributed by atoms with Crippen molar-refractivity contribution in [3.05, 3.63) is 160 Å². The van der Waals surface area contributed by atoms with E-state index in [0.717, 1.165) is 83.9 Å². The average molecular weight is 915 g/mol. The first-order valence-corrected chi connectivity index (χ1v) is 22.7. The minimum Gasteiger partial charge on any atom is -0.321 e. The molecule has 336 valence electrons. The largest absolute Gasteiger partial charge is 0.405 e. The fourth-order valence-electron chi connectivity index (χ4n) is 6.84. The number of urea groups is 1. The molecular formula is C46H49F5N2O8P2. The van der Waals surface area contributed by atoms with Crippen LogP contribution in [0.25, 0.3) is 0 Å². The van der Waals surface area contributed by atoms with E-state index in [2.05, 4.69) is 10.6 Å². The van der Waals surface area contributed by atoms with Crippen molar-refractivity contribution in [3.63, 3.8) is 0 Å². The number of ketones is 1. The number of nitrogens with one attached hydrogen (secondary N) is 2. The van der Waals surface area contributed by atoms with Crippen molar-refractivity contribution >= 4 is 43.7 Å². The number of hydrogen-bond acceptors (Lipinski definition) is 6. The van der Waals surface area contributed by atoms with Gasteiger partial charge in [0.25, 0.3) is 5.92 Å². The van der Waals surface area contributed by atoms with Gasteiger partial charge in [-0.2, -0.15) is 17.6 Å². The molecule has 63 heavy (non-hydrogen) atoms. The second-order valence-corrected chi connectivity index (χ2v) is 20.7. The van der Waals surface area contributed by atoms with Crippen LogP contribution in [0.4, 0.5) is 38.1 Å². The molecule has 4 N–H and O–H groups in total. The smallest absolute Gasteiger partial charge is 0.321 e. The van der Waals surface area contributed by atoms with Crippen LogP contribution in [0.1, 0.15) is 85.3 Å². The highest BCUT2D eigenvalue weighted by Gasteiger charge is 2.61. The van der Waals surface area contributed by atoms with Gasteiger partial charge < -0.3 is 20.4 Å². The third-order valence-electron chi connectivity index (χ3n) is 9.78. The van der Waals surface area contributed by atoms with Gasteiger partial charge in [0.15, 0.2) is 5.78 Å². The van der Waals surface area contributed by atoms with Crippen LogP contribution < -0.4 is 15.9 Å². The third-order valence-corrected chi connectivity index (χ3v) is 13.3. The van der Waals surface area contributed by atoms with Crippen LogP contribution in [0.5, 0.6) is 0 Å². The topological polar surface area (TPSA) is 151 Å². The van der Waals surface area contributed by atoms with Gasteiger partial charge in [-0.1, -0.05) is 60.7 Å². The van der Waals surface area contributed by atoms with E-state index < -0.39 is 83.9 Å². The Kier molecular flexibility index (Phi) is 13.9. The summed E-state index contributed by atoms with van der Waals surface area (Å²) in [5.41, 5.74) is -10.1. The number of hydrogen-bond donors (Lipinski definition) is 4. The van der Waals surface area contributed by atoms with Crippen molar-refractivity contribution < 1.29 is 59.5 Å². The summed E-state index contributed by atoms with van der Waals surface area (Å²) in [6.45, 7) is 12.2. The van der Waals surface area contributed by atoms with E-state index in [0.29, 0.717) is 5.69 Å². The predicted octanol–water partition coefficient (Wildman–Crippen LogP) is 11.9. The minimum atomic E-state index is -5.30. The molecular weight excluding hydrogens is 865 g/mol. The van der Waals surface area contributed by atoms with Crippen molar-refractivity contribution in [3.8, 4) is 0 Å². The standard InChI is InChI=1S/C46H49F5N2O8P2/c1-29-9-10-30(2)39(27-29)53-41(55)52-37-23-17-33(18-24-37)44(40(54)32-13-21-36(47)22-14-32,45(48,49)34-19-25-38(26-20-34)62(56,57)58)28-31-11-15-35(16-12-31)46(50,51)63(59,60-42(3,4)5)61-43(6,7)8/h9-27H,28H2,1-8H3,(H2,52,53,55)(H2,56,57,58). The van der Waals surface area contributed by atoms with E-state index in [1.165, 1.54) is 65.8 Å². The van der Waals surface area contributed by atoms with E-state index in [1.54, 1.807) is 13.0 Å². The lowest BCUT2D eigenvalue weighted by Gasteiger charge is -2.40. The van der Waals surface area contributed by atoms with E-state index >= 15 is 17.6 Å². The molecule has 0 aliphatic rings. The monoisotopic (exact) mass is 914 g/mol.